The first-order valence-corrected chi connectivity index (χ1v) is 10.8. The van der Waals surface area contributed by atoms with Crippen LogP contribution in [0.15, 0.2) is 54.9 Å². The van der Waals surface area contributed by atoms with Crippen molar-refractivity contribution in [1.29, 1.82) is 0 Å². The smallest absolute Gasteiger partial charge is 0.255 e. The van der Waals surface area contributed by atoms with Gasteiger partial charge in [0.15, 0.2) is 0 Å². The summed E-state index contributed by atoms with van der Waals surface area (Å²) in [5.74, 6) is 0.588. The van der Waals surface area contributed by atoms with E-state index in [1.165, 1.54) is 0 Å². The summed E-state index contributed by atoms with van der Waals surface area (Å²) in [6.07, 6.45) is 4.85. The Hall–Kier alpha value is -3.38. The molecule has 0 bridgehead atoms. The zero-order valence-electron chi connectivity index (χ0n) is 18.0. The van der Waals surface area contributed by atoms with Crippen molar-refractivity contribution in [3.8, 4) is 5.75 Å². The SMILES string of the molecule is Cc1cc(C(=O)Nc2ccc(N3CCCC3=O)c(Cl)c2)cc(C)c1OCc1cccnc1. The molecule has 7 heteroatoms. The predicted octanol–water partition coefficient (Wildman–Crippen LogP) is 5.31. The highest BCUT2D eigenvalue weighted by Crippen LogP contribution is 2.32. The number of benzene rings is 2. The van der Waals surface area contributed by atoms with Gasteiger partial charge in [-0.15, -0.1) is 0 Å². The summed E-state index contributed by atoms with van der Waals surface area (Å²) < 4.78 is 5.97. The molecule has 0 aliphatic carbocycles. The number of aromatic nitrogens is 1. The number of pyridine rings is 1. The molecule has 4 rings (SSSR count). The number of carbonyl (C=O) groups is 2. The van der Waals surface area contributed by atoms with E-state index in [1.54, 1.807) is 47.6 Å². The fourth-order valence-electron chi connectivity index (χ4n) is 3.86. The quantitative estimate of drug-likeness (QED) is 0.553. The molecule has 0 unspecified atom stereocenters. The van der Waals surface area contributed by atoms with Crippen molar-refractivity contribution in [1.82, 2.24) is 4.98 Å². The number of hydrogen-bond acceptors (Lipinski definition) is 4. The molecule has 1 aliphatic rings. The second kappa shape index (κ2) is 9.40. The van der Waals surface area contributed by atoms with Crippen molar-refractivity contribution in [2.75, 3.05) is 16.8 Å². The number of hydrogen-bond donors (Lipinski definition) is 1. The molecule has 32 heavy (non-hydrogen) atoms. The van der Waals surface area contributed by atoms with Crippen molar-refractivity contribution in [2.24, 2.45) is 0 Å². The minimum absolute atomic E-state index is 0.0699. The predicted molar refractivity (Wildman–Crippen MR) is 125 cm³/mol. The molecular formula is C25H24ClN3O3. The number of carbonyl (C=O) groups excluding carboxylic acids is 2. The minimum atomic E-state index is -0.240. The summed E-state index contributed by atoms with van der Waals surface area (Å²) >= 11 is 6.39. The largest absolute Gasteiger partial charge is 0.488 e. The second-order valence-electron chi connectivity index (χ2n) is 7.86. The van der Waals surface area contributed by atoms with Crippen LogP contribution in [0.4, 0.5) is 11.4 Å². The highest BCUT2D eigenvalue weighted by molar-refractivity contribution is 6.34. The molecule has 0 atom stereocenters. The molecule has 1 N–H and O–H groups in total. The van der Waals surface area contributed by atoms with Crippen molar-refractivity contribution in [3.63, 3.8) is 0 Å². The van der Waals surface area contributed by atoms with Crippen LogP contribution in [0.25, 0.3) is 0 Å². The summed E-state index contributed by atoms with van der Waals surface area (Å²) in [7, 11) is 0. The second-order valence-corrected chi connectivity index (χ2v) is 8.27. The molecule has 2 amide bonds. The molecule has 2 heterocycles. The molecular weight excluding hydrogens is 426 g/mol. The molecule has 1 aromatic heterocycles. The van der Waals surface area contributed by atoms with Crippen molar-refractivity contribution < 1.29 is 14.3 Å². The Kier molecular flexibility index (Phi) is 6.42. The third-order valence-corrected chi connectivity index (χ3v) is 5.70. The lowest BCUT2D eigenvalue weighted by molar-refractivity contribution is -0.117. The molecule has 1 saturated heterocycles. The van der Waals surface area contributed by atoms with Crippen LogP contribution in [0.2, 0.25) is 5.02 Å². The van der Waals surface area contributed by atoms with Crippen LogP contribution in [0.3, 0.4) is 0 Å². The van der Waals surface area contributed by atoms with Crippen LogP contribution in [-0.2, 0) is 11.4 Å². The molecule has 164 valence electrons. The summed E-state index contributed by atoms with van der Waals surface area (Å²) in [5, 5.41) is 3.32. The van der Waals surface area contributed by atoms with Crippen LogP contribution in [0, 0.1) is 13.8 Å². The zero-order valence-corrected chi connectivity index (χ0v) is 18.8. The van der Waals surface area contributed by atoms with E-state index in [1.807, 2.05) is 26.0 Å². The number of amides is 2. The maximum atomic E-state index is 12.8. The summed E-state index contributed by atoms with van der Waals surface area (Å²) in [6, 6.07) is 12.6. The van der Waals surface area contributed by atoms with Gasteiger partial charge in [-0.1, -0.05) is 17.7 Å². The number of nitrogens with one attached hydrogen (secondary N) is 1. The Morgan fingerprint density at radius 2 is 1.97 bits per heavy atom. The van der Waals surface area contributed by atoms with Crippen LogP contribution in [0.1, 0.15) is 39.9 Å². The van der Waals surface area contributed by atoms with Gasteiger partial charge < -0.3 is 15.0 Å². The lowest BCUT2D eigenvalue weighted by atomic mass is 10.0. The van der Waals surface area contributed by atoms with E-state index in [2.05, 4.69) is 10.3 Å². The fraction of sp³-hybridized carbons (Fsp3) is 0.240. The lowest BCUT2D eigenvalue weighted by Gasteiger charge is -2.18. The Bertz CT molecular complexity index is 1140. The Morgan fingerprint density at radius 3 is 2.59 bits per heavy atom. The number of rotatable bonds is 6. The molecule has 2 aromatic carbocycles. The van der Waals surface area contributed by atoms with Crippen LogP contribution in [-0.4, -0.2) is 23.3 Å². The van der Waals surface area contributed by atoms with Gasteiger partial charge >= 0.3 is 0 Å². The molecule has 0 saturated carbocycles. The highest BCUT2D eigenvalue weighted by Gasteiger charge is 2.23. The molecule has 0 spiro atoms. The van der Waals surface area contributed by atoms with Gasteiger partial charge in [0, 0.05) is 42.2 Å². The average molecular weight is 450 g/mol. The molecule has 1 fully saturated rings. The first-order chi connectivity index (χ1) is 15.4. The maximum Gasteiger partial charge on any atom is 0.255 e. The third-order valence-electron chi connectivity index (χ3n) is 5.40. The van der Waals surface area contributed by atoms with Crippen LogP contribution >= 0.6 is 11.6 Å². The normalized spacial score (nSPS) is 13.3. The van der Waals surface area contributed by atoms with Crippen molar-refractivity contribution >= 4 is 34.8 Å². The van der Waals surface area contributed by atoms with Gasteiger partial charge in [0.25, 0.3) is 5.91 Å². The minimum Gasteiger partial charge on any atom is -0.488 e. The van der Waals surface area contributed by atoms with Crippen molar-refractivity contribution in [2.45, 2.75) is 33.3 Å². The molecule has 3 aromatic rings. The number of halogens is 1. The standard InChI is InChI=1S/C25H24ClN3O3/c1-16-11-19(12-17(2)24(16)32-15-18-5-3-9-27-14-18)25(31)28-20-7-8-22(21(26)13-20)29-10-4-6-23(29)30/h3,5,7-9,11-14H,4,6,10,15H2,1-2H3,(H,28,31). The van der Waals surface area contributed by atoms with E-state index >= 15 is 0 Å². The zero-order chi connectivity index (χ0) is 22.7. The summed E-state index contributed by atoms with van der Waals surface area (Å²) in [6.45, 7) is 4.91. The van der Waals surface area contributed by atoms with Gasteiger partial charge in [-0.2, -0.15) is 0 Å². The highest BCUT2D eigenvalue weighted by atomic mass is 35.5. The maximum absolute atomic E-state index is 12.8. The number of aryl methyl sites for hydroxylation is 2. The van der Waals surface area contributed by atoms with Crippen LogP contribution in [0.5, 0.6) is 5.75 Å². The Labute approximate surface area is 192 Å². The molecule has 1 aliphatic heterocycles. The van der Waals surface area contributed by atoms with E-state index in [-0.39, 0.29) is 11.8 Å². The average Bonchev–Trinajstić information content (AvgIpc) is 3.19. The number of anilines is 2. The number of nitrogens with zero attached hydrogens (tertiary/aromatic N) is 2. The summed E-state index contributed by atoms with van der Waals surface area (Å²) in [4.78, 5) is 30.6. The van der Waals surface area contributed by atoms with E-state index in [0.717, 1.165) is 28.9 Å². The fourth-order valence-corrected chi connectivity index (χ4v) is 4.14. The lowest BCUT2D eigenvalue weighted by Crippen LogP contribution is -2.24. The van der Waals surface area contributed by atoms with Gasteiger partial charge in [-0.3, -0.25) is 14.6 Å². The van der Waals surface area contributed by atoms with E-state index < -0.39 is 0 Å². The third kappa shape index (κ3) is 4.75. The summed E-state index contributed by atoms with van der Waals surface area (Å²) in [5.41, 5.74) is 4.50. The Balaban J connectivity index is 1.46. The van der Waals surface area contributed by atoms with Gasteiger partial charge in [0.2, 0.25) is 5.91 Å². The first-order valence-electron chi connectivity index (χ1n) is 10.5. The first kappa shape index (κ1) is 21.8. The Morgan fingerprint density at radius 1 is 1.19 bits per heavy atom. The van der Waals surface area contributed by atoms with Gasteiger partial charge in [0.1, 0.15) is 12.4 Å². The molecule has 6 nitrogen and oxygen atoms in total. The molecule has 0 radical (unpaired) electrons. The van der Waals surface area contributed by atoms with Crippen molar-refractivity contribution in [3.05, 3.63) is 82.1 Å². The van der Waals surface area contributed by atoms with E-state index in [4.69, 9.17) is 16.3 Å². The van der Waals surface area contributed by atoms with Crippen LogP contribution < -0.4 is 15.0 Å². The number of ether oxygens (including phenoxy) is 1. The monoisotopic (exact) mass is 449 g/mol. The van der Waals surface area contributed by atoms with E-state index in [9.17, 15) is 9.59 Å². The topological polar surface area (TPSA) is 71.5 Å². The van der Waals surface area contributed by atoms with E-state index in [0.29, 0.717) is 41.5 Å². The van der Waals surface area contributed by atoms with Gasteiger partial charge in [0.05, 0.1) is 10.7 Å². The van der Waals surface area contributed by atoms with Gasteiger partial charge in [-0.25, -0.2) is 0 Å². The van der Waals surface area contributed by atoms with Gasteiger partial charge in [-0.05, 0) is 67.8 Å².